The third-order valence-electron chi connectivity index (χ3n) is 7.60. The van der Waals surface area contributed by atoms with Crippen molar-refractivity contribution in [2.24, 2.45) is 5.92 Å². The second-order valence-corrected chi connectivity index (χ2v) is 10.3. The summed E-state index contributed by atoms with van der Waals surface area (Å²) in [4.78, 5) is 29.3. The molecule has 3 atom stereocenters. The van der Waals surface area contributed by atoms with Gasteiger partial charge in [0.1, 0.15) is 10.4 Å². The fraction of sp³-hybridized carbons (Fsp3) is 0.385. The number of nitrogens with zero attached hydrogens (tertiary/aromatic N) is 1. The minimum Gasteiger partial charge on any atom is -0.496 e. The van der Waals surface area contributed by atoms with Crippen LogP contribution < -0.4 is 21.3 Å². The Morgan fingerprint density at radius 2 is 2.03 bits per heavy atom. The van der Waals surface area contributed by atoms with Gasteiger partial charge in [0.05, 0.1) is 12.6 Å². The lowest BCUT2D eigenvalue weighted by Crippen LogP contribution is -2.37. The van der Waals surface area contributed by atoms with E-state index in [-0.39, 0.29) is 17.3 Å². The zero-order valence-corrected chi connectivity index (χ0v) is 19.6. The van der Waals surface area contributed by atoms with E-state index in [4.69, 9.17) is 4.74 Å². The average Bonchev–Trinajstić information content (AvgIpc) is 3.41. The lowest BCUT2D eigenvalue weighted by atomic mass is 9.73. The number of nitrogens with one attached hydrogen (secondary N) is 2. The highest BCUT2D eigenvalue weighted by molar-refractivity contribution is 7.25. The topological polar surface area (TPSA) is 76.1 Å². The molecule has 6 nitrogen and oxygen atoms in total. The Labute approximate surface area is 195 Å². The predicted octanol–water partition coefficient (Wildman–Crippen LogP) is 3.93. The van der Waals surface area contributed by atoms with Gasteiger partial charge in [0.25, 0.3) is 5.56 Å². The molecule has 0 radical (unpaired) electrons. The quantitative estimate of drug-likeness (QED) is 0.483. The van der Waals surface area contributed by atoms with Gasteiger partial charge in [-0.25, -0.2) is 4.79 Å². The van der Waals surface area contributed by atoms with E-state index < -0.39 is 0 Å². The molecule has 2 aromatic heterocycles. The number of hydrogen-bond donors (Lipinski definition) is 2. The summed E-state index contributed by atoms with van der Waals surface area (Å²) in [5.74, 6) is 1.93. The van der Waals surface area contributed by atoms with E-state index >= 15 is 0 Å². The molecule has 2 N–H and O–H groups in total. The van der Waals surface area contributed by atoms with E-state index in [1.807, 2.05) is 31.2 Å². The summed E-state index contributed by atoms with van der Waals surface area (Å²) in [7, 11) is 1.73. The van der Waals surface area contributed by atoms with Crippen LogP contribution in [0.4, 0.5) is 0 Å². The van der Waals surface area contributed by atoms with Crippen LogP contribution in [0.2, 0.25) is 0 Å². The SMILES string of the molecule is COc1cccc2c1CC[C@H]1CNC(CCn3c(=O)[nH]c4c(sc5cccc(C)c54)c3=O)[C@@H]21. The van der Waals surface area contributed by atoms with Gasteiger partial charge in [-0.3, -0.25) is 9.36 Å². The van der Waals surface area contributed by atoms with Gasteiger partial charge >= 0.3 is 5.69 Å². The Bertz CT molecular complexity index is 1500. The van der Waals surface area contributed by atoms with Gasteiger partial charge in [-0.1, -0.05) is 24.3 Å². The molecule has 2 aliphatic rings. The predicted molar refractivity (Wildman–Crippen MR) is 133 cm³/mol. The highest BCUT2D eigenvalue weighted by atomic mass is 32.1. The fourth-order valence-electron chi connectivity index (χ4n) is 6.05. The first-order valence-electron chi connectivity index (χ1n) is 11.6. The van der Waals surface area contributed by atoms with Crippen molar-refractivity contribution in [2.45, 2.75) is 44.7 Å². The normalized spacial score (nSPS) is 21.9. The molecule has 0 spiro atoms. The Hall–Kier alpha value is -2.90. The van der Waals surface area contributed by atoms with E-state index in [0.29, 0.717) is 28.6 Å². The van der Waals surface area contributed by atoms with Crippen molar-refractivity contribution >= 4 is 31.6 Å². The van der Waals surface area contributed by atoms with Crippen molar-refractivity contribution in [2.75, 3.05) is 13.7 Å². The Morgan fingerprint density at radius 1 is 1.18 bits per heavy atom. The van der Waals surface area contributed by atoms with E-state index in [2.05, 4.69) is 22.4 Å². The molecule has 2 aromatic carbocycles. The van der Waals surface area contributed by atoms with Crippen molar-refractivity contribution in [3.05, 3.63) is 73.9 Å². The number of methoxy groups -OCH3 is 1. The van der Waals surface area contributed by atoms with Crippen LogP contribution in [0, 0.1) is 12.8 Å². The van der Waals surface area contributed by atoms with E-state index in [1.165, 1.54) is 27.0 Å². The molecule has 7 heteroatoms. The molecule has 1 unspecified atom stereocenters. The van der Waals surface area contributed by atoms with Gasteiger partial charge in [-0.2, -0.15) is 0 Å². The highest BCUT2D eigenvalue weighted by Crippen LogP contribution is 2.45. The number of thiophene rings is 1. The van der Waals surface area contributed by atoms with Gasteiger partial charge in [0.2, 0.25) is 0 Å². The van der Waals surface area contributed by atoms with Crippen molar-refractivity contribution in [3.63, 3.8) is 0 Å². The maximum Gasteiger partial charge on any atom is 0.328 e. The van der Waals surface area contributed by atoms with E-state index in [9.17, 15) is 9.59 Å². The van der Waals surface area contributed by atoms with Crippen LogP contribution in [0.3, 0.4) is 0 Å². The van der Waals surface area contributed by atoms with Gasteiger partial charge in [0, 0.05) is 28.6 Å². The highest BCUT2D eigenvalue weighted by Gasteiger charge is 2.40. The summed E-state index contributed by atoms with van der Waals surface area (Å²) in [6.45, 7) is 3.39. The molecule has 1 fully saturated rings. The fourth-order valence-corrected chi connectivity index (χ4v) is 7.24. The number of aromatic nitrogens is 2. The van der Waals surface area contributed by atoms with Crippen molar-refractivity contribution in [1.29, 1.82) is 0 Å². The molecule has 0 saturated carbocycles. The summed E-state index contributed by atoms with van der Waals surface area (Å²) < 4.78 is 8.67. The zero-order valence-electron chi connectivity index (χ0n) is 18.8. The van der Waals surface area contributed by atoms with Crippen LogP contribution in [-0.2, 0) is 13.0 Å². The molecule has 4 aromatic rings. The Morgan fingerprint density at radius 3 is 2.88 bits per heavy atom. The second kappa shape index (κ2) is 7.85. The summed E-state index contributed by atoms with van der Waals surface area (Å²) >= 11 is 1.46. The number of benzene rings is 2. The number of ether oxygens (including phenoxy) is 1. The minimum absolute atomic E-state index is 0.186. The zero-order chi connectivity index (χ0) is 22.7. The van der Waals surface area contributed by atoms with E-state index in [1.54, 1.807) is 7.11 Å². The standard InChI is InChI=1S/C26H27N3O3S/c1-14-5-3-8-20-21(14)23-24(33-20)25(30)29(26(31)28-23)12-11-18-22-15(13-27-18)9-10-16-17(22)6-4-7-19(16)32-2/h3-8,15,18,22,27H,9-13H2,1-2H3,(H,28,31)/t15-,18?,22+/m0/s1. The molecule has 33 heavy (non-hydrogen) atoms. The monoisotopic (exact) mass is 461 g/mol. The maximum atomic E-state index is 13.3. The lowest BCUT2D eigenvalue weighted by Gasteiger charge is -2.32. The number of aryl methyl sites for hydroxylation is 1. The summed E-state index contributed by atoms with van der Waals surface area (Å²) in [6.07, 6.45) is 2.90. The molecule has 0 bridgehead atoms. The van der Waals surface area contributed by atoms with Crippen molar-refractivity contribution < 1.29 is 4.74 Å². The third-order valence-corrected chi connectivity index (χ3v) is 8.74. The Kier molecular flexibility index (Phi) is 4.92. The minimum atomic E-state index is -0.323. The largest absolute Gasteiger partial charge is 0.496 e. The lowest BCUT2D eigenvalue weighted by molar-refractivity contribution is 0.371. The number of aromatic amines is 1. The first-order valence-corrected chi connectivity index (χ1v) is 12.4. The molecule has 170 valence electrons. The summed E-state index contributed by atoms with van der Waals surface area (Å²) in [5, 5.41) is 4.67. The van der Waals surface area contributed by atoms with Crippen molar-refractivity contribution in [1.82, 2.24) is 14.9 Å². The van der Waals surface area contributed by atoms with E-state index in [0.717, 1.165) is 47.2 Å². The third kappa shape index (κ3) is 3.17. The van der Waals surface area contributed by atoms with Gasteiger partial charge in [-0.15, -0.1) is 11.3 Å². The van der Waals surface area contributed by atoms with Crippen LogP contribution in [0.5, 0.6) is 5.75 Å². The molecule has 1 saturated heterocycles. The summed E-state index contributed by atoms with van der Waals surface area (Å²) in [6, 6.07) is 12.6. The molecular formula is C26H27N3O3S. The summed E-state index contributed by atoms with van der Waals surface area (Å²) in [5.41, 5.74) is 3.90. The molecular weight excluding hydrogens is 434 g/mol. The number of rotatable bonds is 4. The van der Waals surface area contributed by atoms with Crippen LogP contribution in [-0.4, -0.2) is 29.2 Å². The van der Waals surface area contributed by atoms with Gasteiger partial charge in [-0.05, 0) is 67.5 Å². The van der Waals surface area contributed by atoms with Crippen LogP contribution >= 0.6 is 11.3 Å². The molecule has 3 heterocycles. The van der Waals surface area contributed by atoms with Crippen LogP contribution in [0.25, 0.3) is 20.3 Å². The van der Waals surface area contributed by atoms with Crippen LogP contribution in [0.15, 0.2) is 46.0 Å². The molecule has 1 aliphatic heterocycles. The van der Waals surface area contributed by atoms with Gasteiger partial charge in [0.15, 0.2) is 0 Å². The second-order valence-electron chi connectivity index (χ2n) is 9.30. The first-order chi connectivity index (χ1) is 16.1. The number of hydrogen-bond acceptors (Lipinski definition) is 5. The molecule has 0 amide bonds. The molecule has 6 rings (SSSR count). The first kappa shape index (κ1) is 20.7. The maximum absolute atomic E-state index is 13.3. The Balaban J connectivity index is 1.34. The smallest absolute Gasteiger partial charge is 0.328 e. The molecule has 1 aliphatic carbocycles. The number of H-pyrrole nitrogens is 1. The van der Waals surface area contributed by atoms with Gasteiger partial charge < -0.3 is 15.0 Å². The number of fused-ring (bicyclic) bond motifs is 6. The van der Waals surface area contributed by atoms with Crippen LogP contribution in [0.1, 0.15) is 35.4 Å². The average molecular weight is 462 g/mol. The van der Waals surface area contributed by atoms with Crippen molar-refractivity contribution in [3.8, 4) is 5.75 Å².